The van der Waals surface area contributed by atoms with Gasteiger partial charge in [0.2, 0.25) is 0 Å². The number of alkyl halides is 3. The summed E-state index contributed by atoms with van der Waals surface area (Å²) in [6, 6.07) is 18.4. The van der Waals surface area contributed by atoms with Crippen molar-refractivity contribution in [3.05, 3.63) is 98.7 Å². The number of Topliss-reactive ketones (excluding diaryl/α,β-unsaturated/α-hetero) is 1. The van der Waals surface area contributed by atoms with Crippen LogP contribution in [0.5, 0.6) is 0 Å². The molecule has 30 heavy (non-hydrogen) atoms. The van der Waals surface area contributed by atoms with Crippen LogP contribution in [-0.4, -0.2) is 12.0 Å². The first-order chi connectivity index (χ1) is 14.2. The topological polar surface area (TPSA) is 26.3 Å². The highest BCUT2D eigenvalue weighted by Crippen LogP contribution is 2.51. The fraction of sp³-hybridized carbons (Fsp3) is 0.208. The molecule has 0 spiro atoms. The maximum absolute atomic E-state index is 13.4. The molecule has 3 aromatic rings. The zero-order valence-electron chi connectivity index (χ0n) is 16.4. The van der Waals surface area contributed by atoms with E-state index in [0.717, 1.165) is 11.1 Å². The van der Waals surface area contributed by atoms with Gasteiger partial charge in [0.05, 0.1) is 10.5 Å². The molecular weight excluding hydrogens is 409 g/mol. The summed E-state index contributed by atoms with van der Waals surface area (Å²) in [5, 5.41) is 1.75. The second-order valence-electron chi connectivity index (χ2n) is 7.45. The summed E-state index contributed by atoms with van der Waals surface area (Å²) in [6.45, 7) is 3.87. The van der Waals surface area contributed by atoms with E-state index in [1.165, 1.54) is 11.3 Å². The van der Waals surface area contributed by atoms with E-state index in [4.69, 9.17) is 4.74 Å². The van der Waals surface area contributed by atoms with E-state index in [1.807, 2.05) is 62.4 Å². The van der Waals surface area contributed by atoms with Crippen molar-refractivity contribution in [2.24, 2.45) is 0 Å². The summed E-state index contributed by atoms with van der Waals surface area (Å²) in [5.41, 5.74) is 1.90. The predicted octanol–water partition coefficient (Wildman–Crippen LogP) is 6.57. The number of halogens is 3. The quantitative estimate of drug-likeness (QED) is 0.470. The molecule has 0 amide bonds. The van der Waals surface area contributed by atoms with Gasteiger partial charge in [0, 0.05) is 17.5 Å². The molecule has 0 aliphatic carbocycles. The lowest BCUT2D eigenvalue weighted by atomic mass is 9.81. The van der Waals surface area contributed by atoms with Crippen LogP contribution in [0.3, 0.4) is 0 Å². The van der Waals surface area contributed by atoms with Crippen molar-refractivity contribution in [1.82, 2.24) is 0 Å². The van der Waals surface area contributed by atoms with Crippen molar-refractivity contribution in [3.8, 4) is 0 Å². The summed E-state index contributed by atoms with van der Waals surface area (Å²) >= 11 is 1.25. The Bertz CT molecular complexity index is 1050. The number of aryl methyl sites for hydroxylation is 2. The van der Waals surface area contributed by atoms with Gasteiger partial charge in [-0.25, -0.2) is 0 Å². The van der Waals surface area contributed by atoms with E-state index >= 15 is 0 Å². The van der Waals surface area contributed by atoms with Crippen LogP contribution in [-0.2, 0) is 15.1 Å². The van der Waals surface area contributed by atoms with Gasteiger partial charge in [0.1, 0.15) is 5.76 Å². The normalized spacial score (nSPS) is 15.9. The van der Waals surface area contributed by atoms with Crippen LogP contribution in [0.2, 0.25) is 0 Å². The lowest BCUT2D eigenvalue weighted by Gasteiger charge is -2.31. The Balaban J connectivity index is 1.91. The van der Waals surface area contributed by atoms with Crippen LogP contribution < -0.4 is 0 Å². The Morgan fingerprint density at radius 3 is 1.90 bits per heavy atom. The van der Waals surface area contributed by atoms with Crippen LogP contribution in [0.4, 0.5) is 13.2 Å². The number of ketones is 1. The molecule has 0 saturated carbocycles. The molecule has 2 heterocycles. The molecule has 0 unspecified atom stereocenters. The van der Waals surface area contributed by atoms with E-state index in [0.29, 0.717) is 16.0 Å². The van der Waals surface area contributed by atoms with Crippen LogP contribution in [0.1, 0.15) is 33.6 Å². The smallest absolute Gasteiger partial charge is 0.454 e. The molecule has 154 valence electrons. The number of thiophene rings is 1. The summed E-state index contributed by atoms with van der Waals surface area (Å²) in [6.07, 6.45) is -5.16. The Morgan fingerprint density at radius 2 is 1.47 bits per heavy atom. The van der Waals surface area contributed by atoms with E-state index in [-0.39, 0.29) is 17.8 Å². The zero-order chi connectivity index (χ0) is 21.5. The molecule has 1 aliphatic heterocycles. The van der Waals surface area contributed by atoms with Crippen LogP contribution in [0.15, 0.2) is 71.6 Å². The first-order valence-corrected chi connectivity index (χ1v) is 10.3. The Hall–Kier alpha value is -2.86. The molecule has 4 rings (SSSR count). The van der Waals surface area contributed by atoms with E-state index in [2.05, 4.69) is 0 Å². The molecule has 2 nitrogen and oxygen atoms in total. The number of benzene rings is 2. The van der Waals surface area contributed by atoms with Gasteiger partial charge in [0.25, 0.3) is 5.78 Å². The monoisotopic (exact) mass is 428 g/mol. The molecule has 0 atom stereocenters. The van der Waals surface area contributed by atoms with Gasteiger partial charge in [-0.2, -0.15) is 13.2 Å². The molecule has 0 bridgehead atoms. The minimum atomic E-state index is -4.97. The van der Waals surface area contributed by atoms with Crippen LogP contribution in [0, 0.1) is 13.8 Å². The summed E-state index contributed by atoms with van der Waals surface area (Å²) in [5.74, 6) is -1.85. The Morgan fingerprint density at radius 1 is 0.933 bits per heavy atom. The highest BCUT2D eigenvalue weighted by atomic mass is 32.1. The fourth-order valence-corrected chi connectivity index (χ4v) is 4.43. The van der Waals surface area contributed by atoms with Crippen molar-refractivity contribution >= 4 is 22.9 Å². The summed E-state index contributed by atoms with van der Waals surface area (Å²) in [7, 11) is 0. The highest BCUT2D eigenvalue weighted by molar-refractivity contribution is 7.11. The number of carbonyl (C=O) groups is 1. The van der Waals surface area contributed by atoms with Gasteiger partial charge in [-0.05, 0) is 25.3 Å². The van der Waals surface area contributed by atoms with Gasteiger partial charge < -0.3 is 4.74 Å². The number of ether oxygens (including phenoxy) is 1. The molecule has 0 N–H and O–H groups in total. The van der Waals surface area contributed by atoms with E-state index < -0.39 is 17.6 Å². The first kappa shape index (κ1) is 20.4. The van der Waals surface area contributed by atoms with Crippen molar-refractivity contribution in [1.29, 1.82) is 0 Å². The van der Waals surface area contributed by atoms with E-state index in [1.54, 1.807) is 17.5 Å². The van der Waals surface area contributed by atoms with Crippen LogP contribution in [0.25, 0.3) is 5.76 Å². The van der Waals surface area contributed by atoms with E-state index in [9.17, 15) is 18.0 Å². The van der Waals surface area contributed by atoms with Crippen molar-refractivity contribution < 1.29 is 22.7 Å². The van der Waals surface area contributed by atoms with Gasteiger partial charge in [-0.3, -0.25) is 4.79 Å². The number of rotatable bonds is 4. The number of hydrogen-bond donors (Lipinski definition) is 0. The maximum atomic E-state index is 13.4. The number of hydrogen-bond acceptors (Lipinski definition) is 3. The lowest BCUT2D eigenvalue weighted by molar-refractivity contribution is -0.166. The minimum absolute atomic E-state index is 0.00785. The molecule has 1 aliphatic rings. The Labute approximate surface area is 176 Å². The third kappa shape index (κ3) is 3.56. The fourth-order valence-electron chi connectivity index (χ4n) is 3.70. The van der Waals surface area contributed by atoms with Crippen molar-refractivity contribution in [3.63, 3.8) is 0 Å². The van der Waals surface area contributed by atoms with Gasteiger partial charge in [-0.15, -0.1) is 11.3 Å². The van der Waals surface area contributed by atoms with Gasteiger partial charge >= 0.3 is 6.18 Å². The van der Waals surface area contributed by atoms with Crippen molar-refractivity contribution in [2.45, 2.75) is 32.0 Å². The second kappa shape index (κ2) is 7.43. The molecule has 0 saturated heterocycles. The zero-order valence-corrected chi connectivity index (χ0v) is 17.2. The summed E-state index contributed by atoms with van der Waals surface area (Å²) < 4.78 is 46.7. The molecule has 0 fully saturated rings. The SMILES string of the molecule is Cc1ccc(C2(c3ccc(C)cc3)CC(C(=O)C(F)(F)F)=C(c3cccs3)O2)cc1. The standard InChI is InChI=1S/C24H19F3O2S/c1-15-5-9-17(10-6-15)23(18-11-7-16(2)8-12-18)14-19(22(28)24(25,26)27)21(29-23)20-4-3-13-30-20/h3-13H,14H2,1-2H3. The predicted molar refractivity (Wildman–Crippen MR) is 111 cm³/mol. The maximum Gasteiger partial charge on any atom is 0.454 e. The highest BCUT2D eigenvalue weighted by Gasteiger charge is 2.52. The molecule has 1 aromatic heterocycles. The third-order valence-electron chi connectivity index (χ3n) is 5.29. The average Bonchev–Trinajstić information content (AvgIpc) is 3.36. The Kier molecular flexibility index (Phi) is 5.06. The number of carbonyl (C=O) groups excluding carboxylic acids is 1. The molecule has 2 aromatic carbocycles. The second-order valence-corrected chi connectivity index (χ2v) is 8.40. The third-order valence-corrected chi connectivity index (χ3v) is 6.16. The molecule has 6 heteroatoms. The lowest BCUT2D eigenvalue weighted by Crippen LogP contribution is -2.30. The van der Waals surface area contributed by atoms with Crippen LogP contribution >= 0.6 is 11.3 Å². The first-order valence-electron chi connectivity index (χ1n) is 9.42. The van der Waals surface area contributed by atoms with Gasteiger partial charge in [0.15, 0.2) is 5.60 Å². The van der Waals surface area contributed by atoms with Crippen molar-refractivity contribution in [2.75, 3.05) is 0 Å². The minimum Gasteiger partial charge on any atom is -0.476 e. The largest absolute Gasteiger partial charge is 0.476 e. The molecular formula is C24H19F3O2S. The average molecular weight is 428 g/mol. The summed E-state index contributed by atoms with van der Waals surface area (Å²) in [4.78, 5) is 12.9. The van der Waals surface area contributed by atoms with Gasteiger partial charge in [-0.1, -0.05) is 65.7 Å². The molecule has 0 radical (unpaired) electrons.